The first-order valence-corrected chi connectivity index (χ1v) is 9.49. The van der Waals surface area contributed by atoms with Gasteiger partial charge in [0.2, 0.25) is 11.8 Å². The standard InChI is InChI=1S/C18H24N2O3S/c1-14-4-6-15(7-5-14)24-13-17(21)20-8-2-3-16(20)18(22)19-9-11-23-12-10-19/h4-7,16H,2-3,8-13H2,1H3/t16-/m1/s1. The van der Waals surface area contributed by atoms with Gasteiger partial charge in [0, 0.05) is 24.5 Å². The number of hydrogen-bond acceptors (Lipinski definition) is 4. The maximum absolute atomic E-state index is 12.7. The monoisotopic (exact) mass is 348 g/mol. The third-order valence-electron chi connectivity index (χ3n) is 4.56. The number of amides is 2. The van der Waals surface area contributed by atoms with E-state index in [9.17, 15) is 9.59 Å². The molecule has 0 saturated carbocycles. The van der Waals surface area contributed by atoms with Crippen LogP contribution in [-0.4, -0.2) is 66.3 Å². The Hall–Kier alpha value is -1.53. The van der Waals surface area contributed by atoms with Gasteiger partial charge in [-0.2, -0.15) is 0 Å². The van der Waals surface area contributed by atoms with Gasteiger partial charge in [-0.25, -0.2) is 0 Å². The van der Waals surface area contributed by atoms with E-state index in [-0.39, 0.29) is 17.9 Å². The van der Waals surface area contributed by atoms with Crippen molar-refractivity contribution in [2.24, 2.45) is 0 Å². The molecule has 5 nitrogen and oxygen atoms in total. The van der Waals surface area contributed by atoms with Gasteiger partial charge < -0.3 is 14.5 Å². The second kappa shape index (κ2) is 8.03. The highest BCUT2D eigenvalue weighted by Crippen LogP contribution is 2.24. The topological polar surface area (TPSA) is 49.9 Å². The Balaban J connectivity index is 1.56. The van der Waals surface area contributed by atoms with Crippen LogP contribution < -0.4 is 0 Å². The minimum atomic E-state index is -0.283. The normalized spacial score (nSPS) is 21.1. The summed E-state index contributed by atoms with van der Waals surface area (Å²) in [6.07, 6.45) is 1.68. The van der Waals surface area contributed by atoms with Crippen molar-refractivity contribution in [1.82, 2.24) is 9.80 Å². The van der Waals surface area contributed by atoms with E-state index in [0.29, 0.717) is 38.6 Å². The third-order valence-corrected chi connectivity index (χ3v) is 5.56. The highest BCUT2D eigenvalue weighted by Gasteiger charge is 2.36. The fourth-order valence-corrected chi connectivity index (χ4v) is 3.96. The Labute approximate surface area is 147 Å². The molecule has 2 amide bonds. The lowest BCUT2D eigenvalue weighted by Crippen LogP contribution is -2.51. The van der Waals surface area contributed by atoms with E-state index in [1.165, 1.54) is 17.3 Å². The van der Waals surface area contributed by atoms with Gasteiger partial charge in [0.1, 0.15) is 6.04 Å². The average molecular weight is 348 g/mol. The number of morpholine rings is 1. The zero-order valence-electron chi connectivity index (χ0n) is 14.1. The lowest BCUT2D eigenvalue weighted by atomic mass is 10.2. The molecule has 0 bridgehead atoms. The molecule has 0 radical (unpaired) electrons. The molecular weight excluding hydrogens is 324 g/mol. The Bertz CT molecular complexity index is 584. The summed E-state index contributed by atoms with van der Waals surface area (Å²) in [6, 6.07) is 7.89. The number of benzene rings is 1. The van der Waals surface area contributed by atoms with Crippen LogP contribution in [0, 0.1) is 6.92 Å². The first kappa shape index (κ1) is 17.3. The molecule has 0 unspecified atom stereocenters. The fourth-order valence-electron chi connectivity index (χ4n) is 3.18. The lowest BCUT2D eigenvalue weighted by molar-refractivity contribution is -0.145. The molecule has 1 aromatic rings. The number of ether oxygens (including phenoxy) is 1. The van der Waals surface area contributed by atoms with E-state index in [2.05, 4.69) is 0 Å². The van der Waals surface area contributed by atoms with Crippen molar-refractivity contribution in [3.05, 3.63) is 29.8 Å². The summed E-state index contributed by atoms with van der Waals surface area (Å²) in [6.45, 7) is 5.19. The summed E-state index contributed by atoms with van der Waals surface area (Å²) in [5.41, 5.74) is 1.21. The van der Waals surface area contributed by atoms with Crippen molar-refractivity contribution in [3.63, 3.8) is 0 Å². The van der Waals surface area contributed by atoms with Gasteiger partial charge in [-0.3, -0.25) is 9.59 Å². The van der Waals surface area contributed by atoms with E-state index in [1.54, 1.807) is 4.90 Å². The van der Waals surface area contributed by atoms with Crippen LogP contribution in [0.3, 0.4) is 0 Å². The lowest BCUT2D eigenvalue weighted by Gasteiger charge is -2.32. The van der Waals surface area contributed by atoms with E-state index in [4.69, 9.17) is 4.74 Å². The number of likely N-dealkylation sites (tertiary alicyclic amines) is 1. The highest BCUT2D eigenvalue weighted by molar-refractivity contribution is 8.00. The molecule has 24 heavy (non-hydrogen) atoms. The molecular formula is C18H24N2O3S. The van der Waals surface area contributed by atoms with Gasteiger partial charge in [0.05, 0.1) is 19.0 Å². The van der Waals surface area contributed by atoms with Crippen molar-refractivity contribution >= 4 is 23.6 Å². The van der Waals surface area contributed by atoms with Gasteiger partial charge in [-0.15, -0.1) is 11.8 Å². The maximum Gasteiger partial charge on any atom is 0.245 e. The quantitative estimate of drug-likeness (QED) is 0.781. The van der Waals surface area contributed by atoms with Crippen molar-refractivity contribution in [2.45, 2.75) is 30.7 Å². The van der Waals surface area contributed by atoms with Crippen molar-refractivity contribution in [1.29, 1.82) is 0 Å². The third kappa shape index (κ3) is 4.11. The number of rotatable bonds is 4. The van der Waals surface area contributed by atoms with Crippen LogP contribution in [-0.2, 0) is 14.3 Å². The zero-order chi connectivity index (χ0) is 16.9. The summed E-state index contributed by atoms with van der Waals surface area (Å²) in [7, 11) is 0. The van der Waals surface area contributed by atoms with E-state index >= 15 is 0 Å². The van der Waals surface area contributed by atoms with Crippen LogP contribution in [0.5, 0.6) is 0 Å². The van der Waals surface area contributed by atoms with Crippen LogP contribution >= 0.6 is 11.8 Å². The van der Waals surface area contributed by atoms with Gasteiger partial charge >= 0.3 is 0 Å². The molecule has 2 heterocycles. The van der Waals surface area contributed by atoms with Crippen LogP contribution in [0.15, 0.2) is 29.2 Å². The second-order valence-electron chi connectivity index (χ2n) is 6.28. The summed E-state index contributed by atoms with van der Waals surface area (Å²) >= 11 is 1.54. The SMILES string of the molecule is Cc1ccc(SCC(=O)N2CCC[C@@H]2C(=O)N2CCOCC2)cc1. The molecule has 0 aliphatic carbocycles. The van der Waals surface area contributed by atoms with Crippen LogP contribution in [0.2, 0.25) is 0 Å². The molecule has 0 aromatic heterocycles. The summed E-state index contributed by atoms with van der Waals surface area (Å²) < 4.78 is 5.30. The molecule has 2 aliphatic heterocycles. The predicted octanol–water partition coefficient (Wildman–Crippen LogP) is 1.94. The molecule has 1 atom stereocenters. The van der Waals surface area contributed by atoms with Crippen LogP contribution in [0.4, 0.5) is 0 Å². The first-order valence-electron chi connectivity index (χ1n) is 8.50. The Morgan fingerprint density at radius 3 is 2.58 bits per heavy atom. The van der Waals surface area contributed by atoms with Crippen molar-refractivity contribution in [2.75, 3.05) is 38.6 Å². The minimum absolute atomic E-state index is 0.0599. The Kier molecular flexibility index (Phi) is 5.79. The number of nitrogens with zero attached hydrogens (tertiary/aromatic N) is 2. The summed E-state index contributed by atoms with van der Waals surface area (Å²) in [5, 5.41) is 0. The molecule has 130 valence electrons. The maximum atomic E-state index is 12.7. The molecule has 2 saturated heterocycles. The number of thioether (sulfide) groups is 1. The number of carbonyl (C=O) groups is 2. The molecule has 1 aromatic carbocycles. The zero-order valence-corrected chi connectivity index (χ0v) is 14.9. The minimum Gasteiger partial charge on any atom is -0.378 e. The summed E-state index contributed by atoms with van der Waals surface area (Å²) in [5.74, 6) is 0.532. The van der Waals surface area contributed by atoms with Crippen LogP contribution in [0.25, 0.3) is 0 Å². The number of hydrogen-bond donors (Lipinski definition) is 0. The van der Waals surface area contributed by atoms with Gasteiger partial charge in [0.25, 0.3) is 0 Å². The van der Waals surface area contributed by atoms with Crippen molar-refractivity contribution < 1.29 is 14.3 Å². The summed E-state index contributed by atoms with van der Waals surface area (Å²) in [4.78, 5) is 30.0. The average Bonchev–Trinajstić information content (AvgIpc) is 3.11. The molecule has 2 fully saturated rings. The fraction of sp³-hybridized carbons (Fsp3) is 0.556. The van der Waals surface area contributed by atoms with E-state index in [1.807, 2.05) is 36.1 Å². The van der Waals surface area contributed by atoms with Crippen molar-refractivity contribution in [3.8, 4) is 0 Å². The molecule has 6 heteroatoms. The second-order valence-corrected chi connectivity index (χ2v) is 7.33. The largest absolute Gasteiger partial charge is 0.378 e. The molecule has 3 rings (SSSR count). The highest BCUT2D eigenvalue weighted by atomic mass is 32.2. The van der Waals surface area contributed by atoms with Gasteiger partial charge in [-0.1, -0.05) is 17.7 Å². The Morgan fingerprint density at radius 1 is 1.17 bits per heavy atom. The van der Waals surface area contributed by atoms with Crippen LogP contribution in [0.1, 0.15) is 18.4 Å². The first-order chi connectivity index (χ1) is 11.6. The van der Waals surface area contributed by atoms with Gasteiger partial charge in [0.15, 0.2) is 0 Å². The predicted molar refractivity (Wildman–Crippen MR) is 94.0 cm³/mol. The van der Waals surface area contributed by atoms with Gasteiger partial charge in [-0.05, 0) is 31.9 Å². The molecule has 0 spiro atoms. The molecule has 2 aliphatic rings. The smallest absolute Gasteiger partial charge is 0.245 e. The van der Waals surface area contributed by atoms with E-state index < -0.39 is 0 Å². The Morgan fingerprint density at radius 2 is 1.88 bits per heavy atom. The number of carbonyl (C=O) groups excluding carboxylic acids is 2. The number of aryl methyl sites for hydroxylation is 1. The van der Waals surface area contributed by atoms with E-state index in [0.717, 1.165) is 17.7 Å². The molecule has 0 N–H and O–H groups in total.